The van der Waals surface area contributed by atoms with Crippen molar-refractivity contribution in [1.29, 1.82) is 0 Å². The Balaban J connectivity index is 1.66. The molecule has 2 aromatic carbocycles. The van der Waals surface area contributed by atoms with Gasteiger partial charge in [-0.05, 0) is 56.2 Å². The standard InChI is InChI=1S/C24H29N3O5S/c1-4-31-20-13-18-19(14-21(20)32-5-2)26-24(33)27(23(18)29)12-6-7-22(28)25-15-16-8-10-17(30-3)11-9-16/h8-11,13-14H,4-7,12,15H2,1-3H3,(H,25,28)(H,26,33). The molecule has 2 N–H and O–H groups in total. The van der Waals surface area contributed by atoms with Crippen molar-refractivity contribution in [2.45, 2.75) is 39.8 Å². The second-order valence-corrected chi connectivity index (χ2v) is 7.71. The largest absolute Gasteiger partial charge is 0.497 e. The van der Waals surface area contributed by atoms with Crippen LogP contribution in [-0.4, -0.2) is 35.8 Å². The first-order valence-electron chi connectivity index (χ1n) is 10.9. The van der Waals surface area contributed by atoms with Crippen LogP contribution in [0, 0.1) is 4.77 Å². The Kier molecular flexibility index (Phi) is 8.48. The number of H-pyrrole nitrogens is 1. The molecule has 1 amide bonds. The summed E-state index contributed by atoms with van der Waals surface area (Å²) in [6, 6.07) is 10.9. The van der Waals surface area contributed by atoms with Gasteiger partial charge in [0.1, 0.15) is 5.75 Å². The second-order valence-electron chi connectivity index (χ2n) is 7.33. The quantitative estimate of drug-likeness (QED) is 0.411. The number of hydrogen-bond donors (Lipinski definition) is 2. The number of carbonyl (C=O) groups excluding carboxylic acids is 1. The van der Waals surface area contributed by atoms with Crippen molar-refractivity contribution in [1.82, 2.24) is 14.9 Å². The van der Waals surface area contributed by atoms with Crippen LogP contribution in [0.1, 0.15) is 32.3 Å². The van der Waals surface area contributed by atoms with Crippen molar-refractivity contribution in [2.75, 3.05) is 20.3 Å². The lowest BCUT2D eigenvalue weighted by atomic mass is 10.2. The van der Waals surface area contributed by atoms with Crippen LogP contribution >= 0.6 is 12.2 Å². The number of carbonyl (C=O) groups is 1. The minimum absolute atomic E-state index is 0.0884. The number of nitrogens with one attached hydrogen (secondary N) is 2. The van der Waals surface area contributed by atoms with Gasteiger partial charge in [-0.2, -0.15) is 0 Å². The molecule has 3 rings (SSSR count). The number of methoxy groups -OCH3 is 1. The van der Waals surface area contributed by atoms with Crippen molar-refractivity contribution >= 4 is 29.0 Å². The SMILES string of the molecule is CCOc1cc2[nH]c(=S)n(CCCC(=O)NCc3ccc(OC)cc3)c(=O)c2cc1OCC. The number of fused-ring (bicyclic) bond motifs is 1. The normalized spacial score (nSPS) is 10.8. The summed E-state index contributed by atoms with van der Waals surface area (Å²) in [6.07, 6.45) is 0.759. The Morgan fingerprint density at radius 3 is 2.39 bits per heavy atom. The average molecular weight is 472 g/mol. The van der Waals surface area contributed by atoms with E-state index in [-0.39, 0.29) is 17.9 Å². The van der Waals surface area contributed by atoms with Crippen LogP contribution in [-0.2, 0) is 17.9 Å². The summed E-state index contributed by atoms with van der Waals surface area (Å²) >= 11 is 5.40. The molecule has 33 heavy (non-hydrogen) atoms. The monoisotopic (exact) mass is 471 g/mol. The summed E-state index contributed by atoms with van der Waals surface area (Å²) in [5.74, 6) is 1.75. The van der Waals surface area contributed by atoms with Crippen LogP contribution < -0.4 is 25.1 Å². The molecule has 0 radical (unpaired) electrons. The molecule has 3 aromatic rings. The van der Waals surface area contributed by atoms with Crippen molar-refractivity contribution in [2.24, 2.45) is 0 Å². The predicted molar refractivity (Wildman–Crippen MR) is 130 cm³/mol. The summed E-state index contributed by atoms with van der Waals surface area (Å²) in [4.78, 5) is 28.4. The number of aromatic nitrogens is 2. The Labute approximate surface area is 197 Å². The zero-order valence-electron chi connectivity index (χ0n) is 19.1. The zero-order chi connectivity index (χ0) is 23.8. The molecule has 1 heterocycles. The highest BCUT2D eigenvalue weighted by Crippen LogP contribution is 2.30. The first-order chi connectivity index (χ1) is 16.0. The van der Waals surface area contributed by atoms with E-state index in [1.165, 1.54) is 4.57 Å². The summed E-state index contributed by atoms with van der Waals surface area (Å²) < 4.78 is 18.2. The number of hydrogen-bond acceptors (Lipinski definition) is 6. The van der Waals surface area contributed by atoms with Crippen LogP contribution in [0.4, 0.5) is 0 Å². The molecule has 8 nitrogen and oxygen atoms in total. The Morgan fingerprint density at radius 2 is 1.76 bits per heavy atom. The van der Waals surface area contributed by atoms with E-state index in [1.807, 2.05) is 38.1 Å². The van der Waals surface area contributed by atoms with E-state index in [2.05, 4.69) is 10.3 Å². The van der Waals surface area contributed by atoms with Crippen molar-refractivity contribution < 1.29 is 19.0 Å². The molecule has 0 bridgehead atoms. The van der Waals surface area contributed by atoms with E-state index in [4.69, 9.17) is 26.4 Å². The van der Waals surface area contributed by atoms with Gasteiger partial charge in [-0.25, -0.2) is 0 Å². The van der Waals surface area contributed by atoms with Gasteiger partial charge in [0.25, 0.3) is 5.56 Å². The molecule has 0 aliphatic carbocycles. The van der Waals surface area contributed by atoms with E-state index < -0.39 is 0 Å². The van der Waals surface area contributed by atoms with Crippen molar-refractivity contribution in [3.05, 3.63) is 57.1 Å². The molecule has 176 valence electrons. The summed E-state index contributed by atoms with van der Waals surface area (Å²) in [6.45, 7) is 5.44. The third-order valence-electron chi connectivity index (χ3n) is 5.08. The van der Waals surface area contributed by atoms with Gasteiger partial charge in [-0.1, -0.05) is 12.1 Å². The fourth-order valence-electron chi connectivity index (χ4n) is 3.43. The van der Waals surface area contributed by atoms with E-state index in [1.54, 1.807) is 19.2 Å². The minimum Gasteiger partial charge on any atom is -0.497 e. The molecule has 0 unspecified atom stereocenters. The van der Waals surface area contributed by atoms with Gasteiger partial charge >= 0.3 is 0 Å². The van der Waals surface area contributed by atoms with E-state index in [0.717, 1.165) is 11.3 Å². The topological polar surface area (TPSA) is 94.6 Å². The molecule has 0 saturated carbocycles. The van der Waals surface area contributed by atoms with Crippen molar-refractivity contribution in [3.63, 3.8) is 0 Å². The van der Waals surface area contributed by atoms with E-state index in [9.17, 15) is 9.59 Å². The van der Waals surface area contributed by atoms with Crippen LogP contribution in [0.15, 0.2) is 41.2 Å². The maximum absolute atomic E-state index is 13.1. The van der Waals surface area contributed by atoms with Gasteiger partial charge in [-0.3, -0.25) is 14.2 Å². The maximum atomic E-state index is 13.1. The third-order valence-corrected chi connectivity index (χ3v) is 5.40. The average Bonchev–Trinajstić information content (AvgIpc) is 2.81. The van der Waals surface area contributed by atoms with E-state index in [0.29, 0.717) is 59.9 Å². The lowest BCUT2D eigenvalue weighted by molar-refractivity contribution is -0.121. The van der Waals surface area contributed by atoms with Crippen LogP contribution in [0.25, 0.3) is 10.9 Å². The van der Waals surface area contributed by atoms with Crippen molar-refractivity contribution in [3.8, 4) is 17.2 Å². The van der Waals surface area contributed by atoms with E-state index >= 15 is 0 Å². The highest BCUT2D eigenvalue weighted by molar-refractivity contribution is 7.71. The molecule has 0 aliphatic heterocycles. The highest BCUT2D eigenvalue weighted by Gasteiger charge is 2.13. The minimum atomic E-state index is -0.226. The molecule has 0 atom stereocenters. The number of benzene rings is 2. The van der Waals surface area contributed by atoms with Crippen LogP contribution in [0.5, 0.6) is 17.2 Å². The Hall–Kier alpha value is -3.33. The first kappa shape index (κ1) is 24.3. The lowest BCUT2D eigenvalue weighted by Crippen LogP contribution is -2.25. The molecule has 9 heteroatoms. The number of aromatic amines is 1. The predicted octanol–water partition coefficient (Wildman–Crippen LogP) is 3.96. The summed E-state index contributed by atoms with van der Waals surface area (Å²) in [5.41, 5.74) is 1.34. The van der Waals surface area contributed by atoms with Gasteiger partial charge < -0.3 is 24.5 Å². The fourth-order valence-corrected chi connectivity index (χ4v) is 3.71. The fraction of sp³-hybridized carbons (Fsp3) is 0.375. The third kappa shape index (κ3) is 6.13. The number of ether oxygens (including phenoxy) is 3. The number of nitrogens with zero attached hydrogens (tertiary/aromatic N) is 1. The number of amides is 1. The van der Waals surface area contributed by atoms with Gasteiger partial charge in [0.15, 0.2) is 16.3 Å². The van der Waals surface area contributed by atoms with Gasteiger partial charge in [0, 0.05) is 25.6 Å². The molecule has 0 aliphatic rings. The molecule has 0 spiro atoms. The Morgan fingerprint density at radius 1 is 1.09 bits per heavy atom. The lowest BCUT2D eigenvalue weighted by Gasteiger charge is -2.13. The van der Waals surface area contributed by atoms with Gasteiger partial charge in [0.05, 0.1) is 31.2 Å². The molecule has 0 saturated heterocycles. The van der Waals surface area contributed by atoms with Gasteiger partial charge in [-0.15, -0.1) is 0 Å². The summed E-state index contributed by atoms with van der Waals surface area (Å²) in [5, 5.41) is 3.35. The molecular weight excluding hydrogens is 442 g/mol. The Bertz CT molecular complexity index is 1220. The maximum Gasteiger partial charge on any atom is 0.262 e. The molecule has 0 fully saturated rings. The number of rotatable bonds is 11. The van der Waals surface area contributed by atoms with Gasteiger partial charge in [0.2, 0.25) is 5.91 Å². The summed E-state index contributed by atoms with van der Waals surface area (Å²) in [7, 11) is 1.61. The zero-order valence-corrected chi connectivity index (χ0v) is 19.9. The highest BCUT2D eigenvalue weighted by atomic mass is 32.1. The second kappa shape index (κ2) is 11.5. The van der Waals surface area contributed by atoms with Crippen LogP contribution in [0.2, 0.25) is 0 Å². The first-order valence-corrected chi connectivity index (χ1v) is 11.3. The smallest absolute Gasteiger partial charge is 0.262 e. The van der Waals surface area contributed by atoms with Crippen LogP contribution in [0.3, 0.4) is 0 Å². The molecule has 1 aromatic heterocycles. The molecular formula is C24H29N3O5S.